The van der Waals surface area contributed by atoms with Crippen LogP contribution in [0.4, 0.5) is 8.78 Å². The summed E-state index contributed by atoms with van der Waals surface area (Å²) in [5.41, 5.74) is 6.54. The number of para-hydroxylation sites is 1. The molecule has 0 unspecified atom stereocenters. The SMILES string of the molecule is NC(=S)c1cc2ccccc2nc1OCC(F)F. The van der Waals surface area contributed by atoms with E-state index >= 15 is 0 Å². The van der Waals surface area contributed by atoms with Gasteiger partial charge < -0.3 is 10.5 Å². The molecular weight excluding hydrogens is 258 g/mol. The van der Waals surface area contributed by atoms with E-state index < -0.39 is 13.0 Å². The molecule has 1 aromatic carbocycles. The molecular formula is C12H10F2N2OS. The zero-order valence-corrected chi connectivity index (χ0v) is 10.1. The fourth-order valence-corrected chi connectivity index (χ4v) is 1.67. The topological polar surface area (TPSA) is 48.1 Å². The van der Waals surface area contributed by atoms with Crippen molar-refractivity contribution in [2.75, 3.05) is 6.61 Å². The minimum atomic E-state index is -2.57. The first kappa shape index (κ1) is 12.6. The average molecular weight is 268 g/mol. The van der Waals surface area contributed by atoms with Crippen LogP contribution in [0.15, 0.2) is 30.3 Å². The van der Waals surface area contributed by atoms with Gasteiger partial charge in [-0.25, -0.2) is 13.8 Å². The van der Waals surface area contributed by atoms with Crippen molar-refractivity contribution >= 4 is 28.1 Å². The minimum Gasteiger partial charge on any atom is -0.471 e. The van der Waals surface area contributed by atoms with E-state index in [9.17, 15) is 8.78 Å². The Morgan fingerprint density at radius 2 is 2.11 bits per heavy atom. The lowest BCUT2D eigenvalue weighted by molar-refractivity contribution is 0.0797. The monoisotopic (exact) mass is 268 g/mol. The van der Waals surface area contributed by atoms with Crippen LogP contribution in [-0.4, -0.2) is 23.0 Å². The van der Waals surface area contributed by atoms with E-state index in [2.05, 4.69) is 4.98 Å². The number of hydrogen-bond donors (Lipinski definition) is 1. The Kier molecular flexibility index (Phi) is 3.66. The molecule has 6 heteroatoms. The second-order valence-corrected chi connectivity index (χ2v) is 4.04. The molecule has 0 saturated heterocycles. The molecule has 0 aliphatic rings. The number of ether oxygens (including phenoxy) is 1. The van der Waals surface area contributed by atoms with Crippen LogP contribution in [0.1, 0.15) is 5.56 Å². The van der Waals surface area contributed by atoms with Gasteiger partial charge in [0, 0.05) is 5.39 Å². The molecule has 0 saturated carbocycles. The molecule has 2 N–H and O–H groups in total. The zero-order chi connectivity index (χ0) is 13.1. The maximum absolute atomic E-state index is 12.2. The Hall–Kier alpha value is -1.82. The smallest absolute Gasteiger partial charge is 0.272 e. The Balaban J connectivity index is 2.47. The number of nitrogens with zero attached hydrogens (tertiary/aromatic N) is 1. The maximum atomic E-state index is 12.2. The molecule has 1 aromatic heterocycles. The fourth-order valence-electron chi connectivity index (χ4n) is 1.53. The zero-order valence-electron chi connectivity index (χ0n) is 9.27. The third-order valence-electron chi connectivity index (χ3n) is 2.30. The number of alkyl halides is 2. The van der Waals surface area contributed by atoms with Crippen LogP contribution in [0.5, 0.6) is 5.88 Å². The molecule has 94 valence electrons. The van der Waals surface area contributed by atoms with Gasteiger partial charge in [0.05, 0.1) is 11.1 Å². The highest BCUT2D eigenvalue weighted by Crippen LogP contribution is 2.22. The van der Waals surface area contributed by atoms with Gasteiger partial charge in [-0.05, 0) is 12.1 Å². The first-order chi connectivity index (χ1) is 8.58. The molecule has 18 heavy (non-hydrogen) atoms. The first-order valence-electron chi connectivity index (χ1n) is 5.18. The summed E-state index contributed by atoms with van der Waals surface area (Å²) in [5.74, 6) is 0.0431. The van der Waals surface area contributed by atoms with Gasteiger partial charge in [0.2, 0.25) is 5.88 Å². The molecule has 2 aromatic rings. The van der Waals surface area contributed by atoms with Crippen molar-refractivity contribution in [3.63, 3.8) is 0 Å². The van der Waals surface area contributed by atoms with Crippen molar-refractivity contribution in [1.82, 2.24) is 4.98 Å². The lowest BCUT2D eigenvalue weighted by Gasteiger charge is -2.10. The number of halogens is 2. The van der Waals surface area contributed by atoms with Crippen LogP contribution in [0.3, 0.4) is 0 Å². The number of rotatable bonds is 4. The van der Waals surface area contributed by atoms with Crippen LogP contribution in [0, 0.1) is 0 Å². The number of pyridine rings is 1. The second-order valence-electron chi connectivity index (χ2n) is 3.60. The normalized spacial score (nSPS) is 10.8. The van der Waals surface area contributed by atoms with Crippen LogP contribution in [0.25, 0.3) is 10.9 Å². The van der Waals surface area contributed by atoms with Crippen molar-refractivity contribution in [3.05, 3.63) is 35.9 Å². The third kappa shape index (κ3) is 2.70. The Morgan fingerprint density at radius 1 is 1.39 bits per heavy atom. The fraction of sp³-hybridized carbons (Fsp3) is 0.167. The van der Waals surface area contributed by atoms with E-state index in [0.717, 1.165) is 5.39 Å². The molecule has 0 bridgehead atoms. The summed E-state index contributed by atoms with van der Waals surface area (Å²) in [4.78, 5) is 4.21. The summed E-state index contributed by atoms with van der Waals surface area (Å²) in [7, 11) is 0. The van der Waals surface area contributed by atoms with Gasteiger partial charge in [-0.3, -0.25) is 0 Å². The molecule has 0 fully saturated rings. The number of nitrogens with two attached hydrogens (primary N) is 1. The molecule has 0 atom stereocenters. The highest BCUT2D eigenvalue weighted by atomic mass is 32.1. The van der Waals surface area contributed by atoms with Gasteiger partial charge in [0.15, 0.2) is 6.61 Å². The Morgan fingerprint density at radius 3 is 2.78 bits per heavy atom. The van der Waals surface area contributed by atoms with E-state index in [1.54, 1.807) is 18.2 Å². The van der Waals surface area contributed by atoms with Crippen LogP contribution >= 0.6 is 12.2 Å². The van der Waals surface area contributed by atoms with E-state index in [4.69, 9.17) is 22.7 Å². The maximum Gasteiger partial charge on any atom is 0.272 e. The predicted octanol–water partition coefficient (Wildman–Crippen LogP) is 2.51. The Bertz CT molecular complexity index is 589. The largest absolute Gasteiger partial charge is 0.471 e. The summed E-state index contributed by atoms with van der Waals surface area (Å²) in [6.07, 6.45) is -2.57. The third-order valence-corrected chi connectivity index (χ3v) is 2.52. The molecule has 0 aliphatic carbocycles. The molecule has 0 aliphatic heterocycles. The quantitative estimate of drug-likeness (QED) is 0.866. The Labute approximate surface area is 108 Å². The molecule has 0 radical (unpaired) electrons. The van der Waals surface area contributed by atoms with Crippen LogP contribution < -0.4 is 10.5 Å². The minimum absolute atomic E-state index is 0.0431. The number of thiocarbonyl (C=S) groups is 1. The van der Waals surface area contributed by atoms with Crippen molar-refractivity contribution < 1.29 is 13.5 Å². The number of benzene rings is 1. The van der Waals surface area contributed by atoms with Crippen LogP contribution in [-0.2, 0) is 0 Å². The number of fused-ring (bicyclic) bond motifs is 1. The summed E-state index contributed by atoms with van der Waals surface area (Å²) >= 11 is 4.86. The highest BCUT2D eigenvalue weighted by molar-refractivity contribution is 7.80. The molecule has 0 spiro atoms. The standard InChI is InChI=1S/C12H10F2N2OS/c13-10(14)6-17-12-8(11(15)18)5-7-3-1-2-4-9(7)16-12/h1-5,10H,6H2,(H2,15,18). The van der Waals surface area contributed by atoms with Crippen molar-refractivity contribution in [2.24, 2.45) is 5.73 Å². The van der Waals surface area contributed by atoms with Gasteiger partial charge in [-0.1, -0.05) is 30.4 Å². The first-order valence-corrected chi connectivity index (χ1v) is 5.59. The second kappa shape index (κ2) is 5.22. The summed E-state index contributed by atoms with van der Waals surface area (Å²) < 4.78 is 29.2. The van der Waals surface area contributed by atoms with E-state index in [1.165, 1.54) is 0 Å². The van der Waals surface area contributed by atoms with Crippen molar-refractivity contribution in [2.45, 2.75) is 6.43 Å². The van der Waals surface area contributed by atoms with E-state index in [1.807, 2.05) is 12.1 Å². The molecule has 0 amide bonds. The van der Waals surface area contributed by atoms with Gasteiger partial charge in [0.1, 0.15) is 4.99 Å². The predicted molar refractivity (Wildman–Crippen MR) is 69.1 cm³/mol. The van der Waals surface area contributed by atoms with Crippen molar-refractivity contribution in [3.8, 4) is 5.88 Å². The molecule has 1 heterocycles. The van der Waals surface area contributed by atoms with Crippen LogP contribution in [0.2, 0.25) is 0 Å². The van der Waals surface area contributed by atoms with E-state index in [-0.39, 0.29) is 10.9 Å². The van der Waals surface area contributed by atoms with Gasteiger partial charge in [0.25, 0.3) is 6.43 Å². The summed E-state index contributed by atoms with van der Waals surface area (Å²) in [5, 5.41) is 0.824. The lowest BCUT2D eigenvalue weighted by atomic mass is 10.1. The van der Waals surface area contributed by atoms with E-state index in [0.29, 0.717) is 11.1 Å². The molecule has 2 rings (SSSR count). The number of hydrogen-bond acceptors (Lipinski definition) is 3. The van der Waals surface area contributed by atoms with Gasteiger partial charge in [-0.15, -0.1) is 0 Å². The molecule has 3 nitrogen and oxygen atoms in total. The summed E-state index contributed by atoms with van der Waals surface area (Å²) in [6, 6.07) is 8.92. The highest BCUT2D eigenvalue weighted by Gasteiger charge is 2.12. The lowest BCUT2D eigenvalue weighted by Crippen LogP contribution is -2.15. The van der Waals surface area contributed by atoms with Gasteiger partial charge in [-0.2, -0.15) is 0 Å². The van der Waals surface area contributed by atoms with Crippen molar-refractivity contribution in [1.29, 1.82) is 0 Å². The average Bonchev–Trinajstić information content (AvgIpc) is 2.35. The number of aromatic nitrogens is 1. The summed E-state index contributed by atoms with van der Waals surface area (Å²) in [6.45, 7) is -0.735. The van der Waals surface area contributed by atoms with Gasteiger partial charge >= 0.3 is 0 Å².